The van der Waals surface area contributed by atoms with E-state index in [-0.39, 0.29) is 12.0 Å². The van der Waals surface area contributed by atoms with Gasteiger partial charge in [-0.2, -0.15) is 0 Å². The maximum absolute atomic E-state index is 12.3. The van der Waals surface area contributed by atoms with Crippen molar-refractivity contribution >= 4 is 73.7 Å². The number of benzene rings is 1. The van der Waals surface area contributed by atoms with Crippen LogP contribution in [0.25, 0.3) is 0 Å². The van der Waals surface area contributed by atoms with Crippen molar-refractivity contribution in [2.75, 3.05) is 13.1 Å². The summed E-state index contributed by atoms with van der Waals surface area (Å²) in [5.41, 5.74) is 0.746. The second-order valence-corrected chi connectivity index (χ2v) is 7.43. The van der Waals surface area contributed by atoms with Gasteiger partial charge < -0.3 is 10.0 Å². The Hall–Kier alpha value is 0.840. The first-order valence-electron chi connectivity index (χ1n) is 5.11. The van der Waals surface area contributed by atoms with E-state index in [2.05, 4.69) is 73.8 Å². The summed E-state index contributed by atoms with van der Waals surface area (Å²) in [4.78, 5) is 14.1. The summed E-state index contributed by atoms with van der Waals surface area (Å²) in [6, 6.07) is 3.97. The van der Waals surface area contributed by atoms with Crippen LogP contribution in [0.5, 0.6) is 0 Å². The van der Waals surface area contributed by atoms with Crippen LogP contribution in [0.15, 0.2) is 12.1 Å². The molecule has 1 aliphatic rings. The molecule has 6 heteroatoms. The van der Waals surface area contributed by atoms with Crippen LogP contribution in [-0.2, 0) is 0 Å². The molecular weight excluding hydrogens is 559 g/mol. The maximum atomic E-state index is 12.3. The highest BCUT2D eigenvalue weighted by Gasteiger charge is 2.27. The normalized spacial score (nSPS) is 19.8. The molecule has 3 nitrogen and oxygen atoms in total. The zero-order chi connectivity index (χ0) is 12.6. The number of amides is 1. The number of β-amino-alcohol motifs (C(OH)–C–C–N with tert-alkyl or cyclic N) is 1. The molecule has 1 aromatic carbocycles. The van der Waals surface area contributed by atoms with E-state index in [9.17, 15) is 9.90 Å². The Bertz CT molecular complexity index is 464. The lowest BCUT2D eigenvalue weighted by Gasteiger charge is -2.17. The van der Waals surface area contributed by atoms with Gasteiger partial charge >= 0.3 is 0 Å². The zero-order valence-corrected chi connectivity index (χ0v) is 15.3. The number of aliphatic hydroxyl groups excluding tert-OH is 1. The summed E-state index contributed by atoms with van der Waals surface area (Å²) >= 11 is 6.67. The molecule has 1 N–H and O–H groups in total. The van der Waals surface area contributed by atoms with E-state index in [4.69, 9.17) is 0 Å². The van der Waals surface area contributed by atoms with Crippen molar-refractivity contribution < 1.29 is 9.90 Å². The summed E-state index contributed by atoms with van der Waals surface area (Å²) in [5, 5.41) is 9.48. The first-order chi connectivity index (χ1) is 7.99. The number of aliphatic hydroxyl groups is 1. The summed E-state index contributed by atoms with van der Waals surface area (Å²) < 4.78 is 3.16. The molecule has 1 saturated heterocycles. The lowest BCUT2D eigenvalue weighted by Crippen LogP contribution is -2.30. The molecule has 1 aliphatic heterocycles. The fourth-order valence-electron chi connectivity index (χ4n) is 1.81. The number of halogens is 3. The van der Waals surface area contributed by atoms with Gasteiger partial charge in [-0.05, 0) is 86.3 Å². The van der Waals surface area contributed by atoms with Crippen molar-refractivity contribution in [1.82, 2.24) is 4.90 Å². The second kappa shape index (κ2) is 5.87. The van der Waals surface area contributed by atoms with Crippen LogP contribution in [0.3, 0.4) is 0 Å². The average Bonchev–Trinajstić information content (AvgIpc) is 2.69. The minimum Gasteiger partial charge on any atom is -0.391 e. The van der Waals surface area contributed by atoms with Crippen molar-refractivity contribution in [2.24, 2.45) is 0 Å². The van der Waals surface area contributed by atoms with Gasteiger partial charge in [0.05, 0.1) is 11.7 Å². The molecule has 0 aromatic heterocycles. The molecule has 0 aliphatic carbocycles. The number of hydrogen-bond donors (Lipinski definition) is 1. The summed E-state index contributed by atoms with van der Waals surface area (Å²) in [7, 11) is 0. The molecule has 0 unspecified atom stereocenters. The Balaban J connectivity index is 2.31. The Morgan fingerprint density at radius 2 is 2.06 bits per heavy atom. The lowest BCUT2D eigenvalue weighted by molar-refractivity contribution is 0.0764. The highest BCUT2D eigenvalue weighted by molar-refractivity contribution is 14.1. The highest BCUT2D eigenvalue weighted by atomic mass is 127. The van der Waals surface area contributed by atoms with Gasteiger partial charge in [-0.25, -0.2) is 0 Å². The van der Waals surface area contributed by atoms with Gasteiger partial charge in [0, 0.05) is 23.8 Å². The molecule has 0 saturated carbocycles. The predicted molar refractivity (Wildman–Crippen MR) is 91.1 cm³/mol. The minimum absolute atomic E-state index is 0.0300. The van der Waals surface area contributed by atoms with Crippen LogP contribution < -0.4 is 0 Å². The number of nitrogens with zero attached hydrogens (tertiary/aromatic N) is 1. The summed E-state index contributed by atoms with van der Waals surface area (Å²) in [5.74, 6) is 0.0300. The Morgan fingerprint density at radius 3 is 2.65 bits per heavy atom. The number of hydrogen-bond acceptors (Lipinski definition) is 2. The molecule has 1 atom stereocenters. The quantitative estimate of drug-likeness (QED) is 0.418. The van der Waals surface area contributed by atoms with Gasteiger partial charge in [0.2, 0.25) is 0 Å². The largest absolute Gasteiger partial charge is 0.391 e. The first-order valence-corrected chi connectivity index (χ1v) is 8.34. The second-order valence-electron chi connectivity index (χ2n) is 3.94. The standard InChI is InChI=1S/C11H10I3NO2/c12-6-3-8(10(14)9(13)4-6)11(17)15-2-1-7(16)5-15/h3-4,7,16H,1-2,5H2/t7-/m1/s1. The fraction of sp³-hybridized carbons (Fsp3) is 0.364. The zero-order valence-electron chi connectivity index (χ0n) is 8.79. The van der Waals surface area contributed by atoms with Crippen LogP contribution in [0.1, 0.15) is 16.8 Å². The summed E-state index contributed by atoms with van der Waals surface area (Å²) in [6.45, 7) is 1.11. The molecule has 0 bridgehead atoms. The van der Waals surface area contributed by atoms with Crippen LogP contribution >= 0.6 is 67.8 Å². The third-order valence-corrected chi connectivity index (χ3v) is 6.34. The predicted octanol–water partition coefficient (Wildman–Crippen LogP) is 2.71. The van der Waals surface area contributed by atoms with Crippen molar-refractivity contribution in [1.29, 1.82) is 0 Å². The number of carbonyl (C=O) groups excluding carboxylic acids is 1. The van der Waals surface area contributed by atoms with Gasteiger partial charge in [-0.1, -0.05) is 0 Å². The topological polar surface area (TPSA) is 40.5 Å². The van der Waals surface area contributed by atoms with Gasteiger partial charge in [-0.3, -0.25) is 4.79 Å². The third-order valence-electron chi connectivity index (χ3n) is 2.67. The molecule has 1 amide bonds. The number of rotatable bonds is 1. The maximum Gasteiger partial charge on any atom is 0.255 e. The number of carbonyl (C=O) groups is 1. The first kappa shape index (κ1) is 14.3. The number of likely N-dealkylation sites (tertiary alicyclic amines) is 1. The van der Waals surface area contributed by atoms with Crippen molar-refractivity contribution in [3.63, 3.8) is 0 Å². The van der Waals surface area contributed by atoms with E-state index in [1.807, 2.05) is 6.07 Å². The van der Waals surface area contributed by atoms with Crippen LogP contribution in [0, 0.1) is 10.7 Å². The third kappa shape index (κ3) is 3.24. The van der Waals surface area contributed by atoms with Gasteiger partial charge in [0.1, 0.15) is 0 Å². The van der Waals surface area contributed by atoms with Crippen molar-refractivity contribution in [2.45, 2.75) is 12.5 Å². The van der Waals surface area contributed by atoms with Crippen molar-refractivity contribution in [3.8, 4) is 0 Å². The Morgan fingerprint density at radius 1 is 1.35 bits per heavy atom. The Labute approximate surface area is 141 Å². The SMILES string of the molecule is O=C(c1cc(I)cc(I)c1I)N1CC[C@@H](O)C1. The van der Waals surface area contributed by atoms with Crippen LogP contribution in [-0.4, -0.2) is 35.1 Å². The van der Waals surface area contributed by atoms with Gasteiger partial charge in [-0.15, -0.1) is 0 Å². The molecule has 1 aromatic rings. The van der Waals surface area contributed by atoms with E-state index in [1.165, 1.54) is 0 Å². The highest BCUT2D eigenvalue weighted by Crippen LogP contribution is 2.25. The van der Waals surface area contributed by atoms with E-state index in [1.54, 1.807) is 4.90 Å². The molecule has 1 heterocycles. The van der Waals surface area contributed by atoms with Crippen LogP contribution in [0.2, 0.25) is 0 Å². The van der Waals surface area contributed by atoms with E-state index in [0.717, 1.165) is 16.3 Å². The van der Waals surface area contributed by atoms with Crippen molar-refractivity contribution in [3.05, 3.63) is 28.4 Å². The van der Waals surface area contributed by atoms with E-state index >= 15 is 0 Å². The monoisotopic (exact) mass is 569 g/mol. The minimum atomic E-state index is -0.363. The molecule has 1 fully saturated rings. The smallest absolute Gasteiger partial charge is 0.255 e. The summed E-state index contributed by atoms with van der Waals surface area (Å²) in [6.07, 6.45) is 0.321. The molecule has 2 rings (SSSR count). The van der Waals surface area contributed by atoms with Gasteiger partial charge in [0.25, 0.3) is 5.91 Å². The Kier molecular flexibility index (Phi) is 4.92. The molecule has 92 valence electrons. The lowest BCUT2D eigenvalue weighted by atomic mass is 10.2. The van der Waals surface area contributed by atoms with Crippen LogP contribution in [0.4, 0.5) is 0 Å². The van der Waals surface area contributed by atoms with E-state index < -0.39 is 0 Å². The fourth-order valence-corrected chi connectivity index (χ4v) is 4.20. The molecule has 0 radical (unpaired) electrons. The average molecular weight is 569 g/mol. The van der Waals surface area contributed by atoms with Gasteiger partial charge in [0.15, 0.2) is 0 Å². The molecule has 0 spiro atoms. The molecular formula is C11H10I3NO2. The molecule has 17 heavy (non-hydrogen) atoms. The van der Waals surface area contributed by atoms with E-state index in [0.29, 0.717) is 19.5 Å².